The summed E-state index contributed by atoms with van der Waals surface area (Å²) in [6.07, 6.45) is 1.30. The maximum Gasteiger partial charge on any atom is 0.209 e. The molecule has 6 nitrogen and oxygen atoms in total. The van der Waals surface area contributed by atoms with Gasteiger partial charge in [0.25, 0.3) is 0 Å². The van der Waals surface area contributed by atoms with Crippen LogP contribution in [0.5, 0.6) is 0 Å². The highest BCUT2D eigenvalue weighted by molar-refractivity contribution is 6.17. The topological polar surface area (TPSA) is 88.6 Å². The zero-order valence-corrected chi connectivity index (χ0v) is 12.8. The van der Waals surface area contributed by atoms with E-state index in [1.54, 1.807) is 24.3 Å². The summed E-state index contributed by atoms with van der Waals surface area (Å²) in [6.45, 7) is 0. The second-order valence-electron chi connectivity index (χ2n) is 5.18. The van der Waals surface area contributed by atoms with Gasteiger partial charge in [0.1, 0.15) is 5.82 Å². The molecule has 3 aromatic rings. The van der Waals surface area contributed by atoms with Crippen molar-refractivity contribution in [1.29, 1.82) is 5.26 Å². The molecular formula is C18H11FN4O2. The molecule has 0 aliphatic carbocycles. The minimum atomic E-state index is -1.50. The fourth-order valence-electron chi connectivity index (χ4n) is 2.25. The van der Waals surface area contributed by atoms with Crippen LogP contribution in [-0.2, 0) is 0 Å². The minimum absolute atomic E-state index is 0.111. The number of rotatable bonds is 5. The van der Waals surface area contributed by atoms with Crippen molar-refractivity contribution in [3.63, 3.8) is 0 Å². The lowest BCUT2D eigenvalue weighted by Gasteiger charge is -2.05. The number of nitrogens with zero attached hydrogens (tertiary/aromatic N) is 4. The van der Waals surface area contributed by atoms with Gasteiger partial charge in [-0.3, -0.25) is 9.59 Å². The summed E-state index contributed by atoms with van der Waals surface area (Å²) in [4.78, 5) is 24.8. The molecule has 0 saturated heterocycles. The maximum absolute atomic E-state index is 13.0. The Morgan fingerprint density at radius 3 is 2.36 bits per heavy atom. The monoisotopic (exact) mass is 334 g/mol. The molecule has 0 radical (unpaired) electrons. The van der Waals surface area contributed by atoms with Gasteiger partial charge in [0.15, 0.2) is 17.4 Å². The van der Waals surface area contributed by atoms with E-state index in [4.69, 9.17) is 0 Å². The van der Waals surface area contributed by atoms with E-state index in [0.29, 0.717) is 5.69 Å². The van der Waals surface area contributed by atoms with E-state index in [9.17, 15) is 19.2 Å². The van der Waals surface area contributed by atoms with E-state index >= 15 is 0 Å². The van der Waals surface area contributed by atoms with E-state index in [1.165, 1.54) is 47.3 Å². The maximum atomic E-state index is 13.0. The molecule has 2 aromatic carbocycles. The molecule has 0 aliphatic rings. The molecular weight excluding hydrogens is 323 g/mol. The summed E-state index contributed by atoms with van der Waals surface area (Å²) < 4.78 is 14.2. The number of hydrogen-bond acceptors (Lipinski definition) is 5. The molecule has 7 heteroatoms. The number of benzene rings is 2. The van der Waals surface area contributed by atoms with E-state index in [0.717, 1.165) is 0 Å². The number of aromatic nitrogens is 3. The molecule has 0 saturated carbocycles. The predicted octanol–water partition coefficient (Wildman–Crippen LogP) is 2.61. The molecule has 0 bridgehead atoms. The molecule has 3 rings (SSSR count). The van der Waals surface area contributed by atoms with E-state index < -0.39 is 23.3 Å². The Morgan fingerprint density at radius 1 is 1.04 bits per heavy atom. The average molecular weight is 334 g/mol. The van der Waals surface area contributed by atoms with Gasteiger partial charge in [-0.2, -0.15) is 5.26 Å². The Hall–Kier alpha value is -3.66. The fraction of sp³-hybridized carbons (Fsp3) is 0.0556. The van der Waals surface area contributed by atoms with Crippen molar-refractivity contribution in [2.45, 2.75) is 0 Å². The Kier molecular flexibility index (Phi) is 4.44. The molecule has 1 unspecified atom stereocenters. The summed E-state index contributed by atoms with van der Waals surface area (Å²) in [5.74, 6) is -3.23. The molecule has 0 N–H and O–H groups in total. The third-order valence-corrected chi connectivity index (χ3v) is 3.55. The SMILES string of the molecule is N#CC(C(=O)c1ccccc1)C(=O)c1cn(-c2ccc(F)cc2)nn1. The lowest BCUT2D eigenvalue weighted by molar-refractivity contribution is 0.0843. The second-order valence-corrected chi connectivity index (χ2v) is 5.18. The minimum Gasteiger partial charge on any atom is -0.292 e. The summed E-state index contributed by atoms with van der Waals surface area (Å²) in [5.41, 5.74) is 0.657. The van der Waals surface area contributed by atoms with Gasteiger partial charge in [0.2, 0.25) is 5.78 Å². The third kappa shape index (κ3) is 3.33. The number of ketones is 2. The number of carbonyl (C=O) groups excluding carboxylic acids is 2. The van der Waals surface area contributed by atoms with Gasteiger partial charge < -0.3 is 0 Å². The zero-order valence-electron chi connectivity index (χ0n) is 12.8. The largest absolute Gasteiger partial charge is 0.292 e. The number of hydrogen-bond donors (Lipinski definition) is 0. The average Bonchev–Trinajstić information content (AvgIpc) is 3.13. The van der Waals surface area contributed by atoms with Crippen molar-refractivity contribution in [2.24, 2.45) is 5.92 Å². The number of carbonyl (C=O) groups is 2. The highest BCUT2D eigenvalue weighted by atomic mass is 19.1. The van der Waals surface area contributed by atoms with Crippen LogP contribution >= 0.6 is 0 Å². The molecule has 122 valence electrons. The van der Waals surface area contributed by atoms with Crippen LogP contribution in [-0.4, -0.2) is 26.6 Å². The molecule has 0 amide bonds. The van der Waals surface area contributed by atoms with Gasteiger partial charge in [-0.1, -0.05) is 35.5 Å². The van der Waals surface area contributed by atoms with E-state index in [1.807, 2.05) is 0 Å². The first-order chi connectivity index (χ1) is 12.1. The van der Waals surface area contributed by atoms with Gasteiger partial charge in [-0.05, 0) is 24.3 Å². The van der Waals surface area contributed by atoms with Crippen LogP contribution in [0.1, 0.15) is 20.8 Å². The second kappa shape index (κ2) is 6.84. The predicted molar refractivity (Wildman–Crippen MR) is 85.5 cm³/mol. The first-order valence-corrected chi connectivity index (χ1v) is 7.31. The van der Waals surface area contributed by atoms with Crippen LogP contribution in [0, 0.1) is 23.1 Å². The third-order valence-electron chi connectivity index (χ3n) is 3.55. The van der Waals surface area contributed by atoms with Crippen LogP contribution < -0.4 is 0 Å². The molecule has 0 aliphatic heterocycles. The Labute approximate surface area is 142 Å². The van der Waals surface area contributed by atoms with Gasteiger partial charge in [-0.15, -0.1) is 5.10 Å². The Morgan fingerprint density at radius 2 is 1.72 bits per heavy atom. The molecule has 0 fully saturated rings. The van der Waals surface area contributed by atoms with Crippen LogP contribution in [0.2, 0.25) is 0 Å². The first kappa shape index (κ1) is 16.2. The summed E-state index contributed by atoms with van der Waals surface area (Å²) in [6, 6.07) is 15.3. The van der Waals surface area contributed by atoms with Gasteiger partial charge >= 0.3 is 0 Å². The molecule has 1 heterocycles. The molecule has 0 spiro atoms. The quantitative estimate of drug-likeness (QED) is 0.528. The van der Waals surface area contributed by atoms with Crippen molar-refractivity contribution in [3.8, 4) is 11.8 Å². The zero-order chi connectivity index (χ0) is 17.8. The summed E-state index contributed by atoms with van der Waals surface area (Å²) in [7, 11) is 0. The normalized spacial score (nSPS) is 11.5. The lowest BCUT2D eigenvalue weighted by Crippen LogP contribution is -2.23. The van der Waals surface area contributed by atoms with Gasteiger partial charge in [0.05, 0.1) is 18.0 Å². The Bertz CT molecular complexity index is 959. The van der Waals surface area contributed by atoms with Crippen molar-refractivity contribution < 1.29 is 14.0 Å². The van der Waals surface area contributed by atoms with Crippen molar-refractivity contribution in [3.05, 3.63) is 77.9 Å². The van der Waals surface area contributed by atoms with Crippen molar-refractivity contribution in [2.75, 3.05) is 0 Å². The van der Waals surface area contributed by atoms with Crippen LogP contribution in [0.25, 0.3) is 5.69 Å². The fourth-order valence-corrected chi connectivity index (χ4v) is 2.25. The highest BCUT2D eigenvalue weighted by Gasteiger charge is 2.30. The van der Waals surface area contributed by atoms with Crippen LogP contribution in [0.15, 0.2) is 60.8 Å². The van der Waals surface area contributed by atoms with Crippen LogP contribution in [0.4, 0.5) is 4.39 Å². The van der Waals surface area contributed by atoms with Crippen molar-refractivity contribution in [1.82, 2.24) is 15.0 Å². The van der Waals surface area contributed by atoms with Crippen molar-refractivity contribution >= 4 is 11.6 Å². The summed E-state index contributed by atoms with van der Waals surface area (Å²) >= 11 is 0. The molecule has 1 aromatic heterocycles. The van der Waals surface area contributed by atoms with Crippen LogP contribution in [0.3, 0.4) is 0 Å². The highest BCUT2D eigenvalue weighted by Crippen LogP contribution is 2.15. The van der Waals surface area contributed by atoms with E-state index in [-0.39, 0.29) is 11.3 Å². The lowest BCUT2D eigenvalue weighted by atomic mass is 9.93. The molecule has 1 atom stereocenters. The number of nitriles is 1. The standard InChI is InChI=1S/C18H11FN4O2/c19-13-6-8-14(9-7-13)23-11-16(21-22-23)18(25)15(10-20)17(24)12-4-2-1-3-5-12/h1-9,11,15H. The van der Waals surface area contributed by atoms with Gasteiger partial charge in [0, 0.05) is 5.56 Å². The van der Waals surface area contributed by atoms with Gasteiger partial charge in [-0.25, -0.2) is 9.07 Å². The number of Topliss-reactive ketones (excluding diaryl/α,β-unsaturated/α-hetero) is 2. The van der Waals surface area contributed by atoms with E-state index in [2.05, 4.69) is 10.3 Å². The molecule has 25 heavy (non-hydrogen) atoms. The Balaban J connectivity index is 1.86. The summed E-state index contributed by atoms with van der Waals surface area (Å²) in [5, 5.41) is 16.8. The first-order valence-electron chi connectivity index (χ1n) is 7.31. The number of halogens is 1. The smallest absolute Gasteiger partial charge is 0.209 e.